The zero-order valence-electron chi connectivity index (χ0n) is 14.0. The molecule has 6 nitrogen and oxygen atoms in total. The molecule has 2 aromatic rings. The Morgan fingerprint density at radius 1 is 1.00 bits per heavy atom. The van der Waals surface area contributed by atoms with Gasteiger partial charge in [-0.1, -0.05) is 18.2 Å². The first-order chi connectivity index (χ1) is 11.9. The van der Waals surface area contributed by atoms with Crippen LogP contribution in [0.4, 0.5) is 11.4 Å². The number of carbonyl (C=O) groups excluding carboxylic acids is 3. The summed E-state index contributed by atoms with van der Waals surface area (Å²) in [6, 6.07) is 13.8. The van der Waals surface area contributed by atoms with E-state index in [1.54, 1.807) is 43.3 Å². The van der Waals surface area contributed by atoms with Crippen molar-refractivity contribution in [3.8, 4) is 0 Å². The van der Waals surface area contributed by atoms with Crippen molar-refractivity contribution in [2.75, 3.05) is 10.6 Å². The van der Waals surface area contributed by atoms with Crippen LogP contribution < -0.4 is 10.6 Å². The van der Waals surface area contributed by atoms with Gasteiger partial charge < -0.3 is 15.4 Å². The van der Waals surface area contributed by atoms with Crippen LogP contribution in [0.25, 0.3) is 0 Å². The maximum atomic E-state index is 12.6. The van der Waals surface area contributed by atoms with Gasteiger partial charge in [-0.3, -0.25) is 9.59 Å². The molecule has 0 aliphatic carbocycles. The molecule has 2 amide bonds. The van der Waals surface area contributed by atoms with Gasteiger partial charge in [-0.2, -0.15) is 0 Å². The highest BCUT2D eigenvalue weighted by atomic mass is 16.6. The van der Waals surface area contributed by atoms with Crippen LogP contribution in [0.3, 0.4) is 0 Å². The summed E-state index contributed by atoms with van der Waals surface area (Å²) < 4.78 is 5.40. The molecule has 0 saturated carbocycles. The maximum absolute atomic E-state index is 12.6. The number of benzene rings is 2. The number of rotatable bonds is 3. The zero-order chi connectivity index (χ0) is 18.0. The molecule has 2 N–H and O–H groups in total. The number of hydrogen-bond acceptors (Lipinski definition) is 4. The summed E-state index contributed by atoms with van der Waals surface area (Å²) in [6.45, 7) is 3.02. The van der Waals surface area contributed by atoms with Crippen LogP contribution in [-0.4, -0.2) is 23.4 Å². The molecule has 0 fully saturated rings. The predicted octanol–water partition coefficient (Wildman–Crippen LogP) is 2.76. The minimum atomic E-state index is -1.28. The molecule has 1 heterocycles. The molecule has 0 spiro atoms. The molecule has 1 aliphatic heterocycles. The van der Waals surface area contributed by atoms with Crippen LogP contribution in [0.5, 0.6) is 0 Å². The van der Waals surface area contributed by atoms with Gasteiger partial charge in [0.2, 0.25) is 5.91 Å². The fraction of sp³-hybridized carbons (Fsp3) is 0.211. The molecule has 128 valence electrons. The third kappa shape index (κ3) is 3.52. The fourth-order valence-electron chi connectivity index (χ4n) is 2.76. The van der Waals surface area contributed by atoms with Crippen LogP contribution in [0.1, 0.15) is 29.8 Å². The Morgan fingerprint density at radius 2 is 1.60 bits per heavy atom. The highest BCUT2D eigenvalue weighted by molar-refractivity contribution is 6.02. The van der Waals surface area contributed by atoms with Crippen molar-refractivity contribution in [1.82, 2.24) is 0 Å². The molecule has 3 rings (SSSR count). The molecule has 0 radical (unpaired) electrons. The van der Waals surface area contributed by atoms with Crippen molar-refractivity contribution < 1.29 is 19.1 Å². The summed E-state index contributed by atoms with van der Waals surface area (Å²) in [4.78, 5) is 35.8. The van der Waals surface area contributed by atoms with Crippen molar-refractivity contribution in [2.24, 2.45) is 0 Å². The summed E-state index contributed by atoms with van der Waals surface area (Å²) >= 11 is 0. The summed E-state index contributed by atoms with van der Waals surface area (Å²) in [5.41, 5.74) is 1.19. The quantitative estimate of drug-likeness (QED) is 0.843. The van der Waals surface area contributed by atoms with Gasteiger partial charge in [0, 0.05) is 24.7 Å². The summed E-state index contributed by atoms with van der Waals surface area (Å²) in [6.07, 6.45) is 0.310. The van der Waals surface area contributed by atoms with Gasteiger partial charge in [-0.05, 0) is 42.8 Å². The standard InChI is InChI=1S/C19H18N2O4/c1-12(22)20-14-7-9-15(10-8-14)21-18(24)19(2)11-13-5-3-4-6-16(13)17(23)25-19/h3-10H,11H2,1-2H3,(H,20,22)(H,21,24). The Labute approximate surface area is 145 Å². The van der Waals surface area contributed by atoms with Gasteiger partial charge in [-0.15, -0.1) is 0 Å². The van der Waals surface area contributed by atoms with Gasteiger partial charge in [0.1, 0.15) is 0 Å². The second-order valence-corrected chi connectivity index (χ2v) is 6.17. The van der Waals surface area contributed by atoms with E-state index in [1.807, 2.05) is 12.1 Å². The average Bonchev–Trinajstić information content (AvgIpc) is 2.56. The van der Waals surface area contributed by atoms with E-state index in [0.29, 0.717) is 23.4 Å². The number of hydrogen-bond donors (Lipinski definition) is 2. The first kappa shape index (κ1) is 16.7. The Kier molecular flexibility index (Phi) is 4.27. The average molecular weight is 338 g/mol. The highest BCUT2D eigenvalue weighted by Gasteiger charge is 2.42. The Morgan fingerprint density at radius 3 is 2.24 bits per heavy atom. The summed E-state index contributed by atoms with van der Waals surface area (Å²) in [7, 11) is 0. The normalized spacial score (nSPS) is 18.7. The number of nitrogens with one attached hydrogen (secondary N) is 2. The van der Waals surface area contributed by atoms with Crippen LogP contribution in [0.15, 0.2) is 48.5 Å². The predicted molar refractivity (Wildman–Crippen MR) is 93.3 cm³/mol. The third-order valence-corrected chi connectivity index (χ3v) is 4.03. The Bertz CT molecular complexity index is 845. The van der Waals surface area contributed by atoms with E-state index in [2.05, 4.69) is 10.6 Å². The van der Waals surface area contributed by atoms with Crippen molar-refractivity contribution in [1.29, 1.82) is 0 Å². The molecule has 1 aliphatic rings. The Balaban J connectivity index is 1.75. The molecular weight excluding hydrogens is 320 g/mol. The number of amides is 2. The van der Waals surface area contributed by atoms with Gasteiger partial charge in [0.25, 0.3) is 5.91 Å². The topological polar surface area (TPSA) is 84.5 Å². The molecule has 0 saturated heterocycles. The van der Waals surface area contributed by atoms with Gasteiger partial charge in [0.15, 0.2) is 5.60 Å². The Hall–Kier alpha value is -3.15. The maximum Gasteiger partial charge on any atom is 0.339 e. The largest absolute Gasteiger partial charge is 0.445 e. The molecule has 6 heteroatoms. The number of anilines is 2. The third-order valence-electron chi connectivity index (χ3n) is 4.03. The van der Waals surface area contributed by atoms with Crippen molar-refractivity contribution in [3.63, 3.8) is 0 Å². The van der Waals surface area contributed by atoms with Crippen molar-refractivity contribution in [2.45, 2.75) is 25.9 Å². The molecular formula is C19H18N2O4. The van der Waals surface area contributed by atoms with E-state index in [0.717, 1.165) is 5.56 Å². The molecule has 1 unspecified atom stereocenters. The van der Waals surface area contributed by atoms with Gasteiger partial charge in [0.05, 0.1) is 5.56 Å². The molecule has 0 aromatic heterocycles. The summed E-state index contributed by atoms with van der Waals surface area (Å²) in [5.74, 6) is -1.07. The van der Waals surface area contributed by atoms with E-state index < -0.39 is 17.5 Å². The van der Waals surface area contributed by atoms with Crippen LogP contribution in [0.2, 0.25) is 0 Å². The van der Waals surface area contributed by atoms with Crippen molar-refractivity contribution in [3.05, 3.63) is 59.7 Å². The second kappa shape index (κ2) is 6.39. The zero-order valence-corrected chi connectivity index (χ0v) is 14.0. The smallest absolute Gasteiger partial charge is 0.339 e. The van der Waals surface area contributed by atoms with Crippen molar-refractivity contribution >= 4 is 29.2 Å². The van der Waals surface area contributed by atoms with E-state index in [1.165, 1.54) is 6.92 Å². The monoisotopic (exact) mass is 338 g/mol. The molecule has 25 heavy (non-hydrogen) atoms. The number of esters is 1. The van der Waals surface area contributed by atoms with E-state index in [9.17, 15) is 14.4 Å². The lowest BCUT2D eigenvalue weighted by Gasteiger charge is -2.33. The lowest BCUT2D eigenvalue weighted by molar-refractivity contribution is -0.134. The van der Waals surface area contributed by atoms with Crippen LogP contribution in [-0.2, 0) is 20.7 Å². The number of ether oxygens (including phenoxy) is 1. The molecule has 1 atom stereocenters. The summed E-state index contributed by atoms with van der Waals surface area (Å²) in [5, 5.41) is 5.41. The first-order valence-electron chi connectivity index (χ1n) is 7.88. The first-order valence-corrected chi connectivity index (χ1v) is 7.88. The second-order valence-electron chi connectivity index (χ2n) is 6.17. The molecule has 0 bridgehead atoms. The SMILES string of the molecule is CC(=O)Nc1ccc(NC(=O)C2(C)Cc3ccccc3C(=O)O2)cc1. The van der Waals surface area contributed by atoms with Crippen LogP contribution >= 0.6 is 0 Å². The number of cyclic esters (lactones) is 1. The van der Waals surface area contributed by atoms with E-state index in [-0.39, 0.29) is 5.91 Å². The highest BCUT2D eigenvalue weighted by Crippen LogP contribution is 2.29. The molecule has 2 aromatic carbocycles. The van der Waals surface area contributed by atoms with Crippen LogP contribution in [0, 0.1) is 0 Å². The van der Waals surface area contributed by atoms with E-state index in [4.69, 9.17) is 4.74 Å². The van der Waals surface area contributed by atoms with E-state index >= 15 is 0 Å². The fourth-order valence-corrected chi connectivity index (χ4v) is 2.76. The minimum absolute atomic E-state index is 0.169. The lowest BCUT2D eigenvalue weighted by atomic mass is 9.89. The number of fused-ring (bicyclic) bond motifs is 1. The van der Waals surface area contributed by atoms with Gasteiger partial charge in [-0.25, -0.2) is 4.79 Å². The minimum Gasteiger partial charge on any atom is -0.445 e. The van der Waals surface area contributed by atoms with Gasteiger partial charge >= 0.3 is 5.97 Å². The number of carbonyl (C=O) groups is 3. The lowest BCUT2D eigenvalue weighted by Crippen LogP contribution is -2.48.